The van der Waals surface area contributed by atoms with E-state index in [9.17, 15) is 18.0 Å². The van der Waals surface area contributed by atoms with Gasteiger partial charge in [0.2, 0.25) is 5.96 Å². The highest BCUT2D eigenvalue weighted by Gasteiger charge is 2.27. The number of carbonyl (C=O) groups excluding carboxylic acids is 1. The Bertz CT molecular complexity index is 936. The summed E-state index contributed by atoms with van der Waals surface area (Å²) in [5, 5.41) is 6.10. The van der Waals surface area contributed by atoms with Crippen LogP contribution in [0.15, 0.2) is 47.5 Å². The van der Waals surface area contributed by atoms with Gasteiger partial charge in [-0.3, -0.25) is 4.79 Å². The molecule has 0 aliphatic carbocycles. The van der Waals surface area contributed by atoms with E-state index in [1.54, 1.807) is 7.11 Å². The number of hydrogen-bond acceptors (Lipinski definition) is 4. The molecule has 2 unspecified atom stereocenters. The summed E-state index contributed by atoms with van der Waals surface area (Å²) in [5.41, 5.74) is 6.49. The topological polar surface area (TPSA) is 86.8 Å². The largest absolute Gasteiger partial charge is 0.383 e. The van der Waals surface area contributed by atoms with Crippen molar-refractivity contribution < 1.29 is 22.7 Å². The van der Waals surface area contributed by atoms with Crippen molar-refractivity contribution in [2.24, 2.45) is 4.99 Å². The number of amides is 1. The van der Waals surface area contributed by atoms with Gasteiger partial charge in [-0.1, -0.05) is 6.07 Å². The fraction of sp³-hybridized carbons (Fsp3) is 0.333. The third-order valence-electron chi connectivity index (χ3n) is 4.59. The SMILES string of the molecule is COC[C@H](C)N/C(=N/C(=O)c1cccc(F)c1)NC1CC(c2cc(F)cc(F)c2)NN1. The number of carbonyl (C=O) groups is 1. The standard InChI is InChI=1S/C21H24F3N5O2/c1-12(11-31-2)25-21(27-20(30)13-4-3-5-15(22)6-13)26-19-10-18(28-29-19)14-7-16(23)9-17(24)8-14/h3-9,12,18-19,28-29H,10-11H2,1-2H3,(H2,25,26,27,30)/t12-,18?,19?/m0/s1. The van der Waals surface area contributed by atoms with Crippen LogP contribution < -0.4 is 21.5 Å². The second-order valence-corrected chi connectivity index (χ2v) is 7.25. The summed E-state index contributed by atoms with van der Waals surface area (Å²) in [6, 6.07) is 8.02. The second kappa shape index (κ2) is 10.4. The van der Waals surface area contributed by atoms with Crippen molar-refractivity contribution in [3.05, 3.63) is 71.0 Å². The average Bonchev–Trinajstić information content (AvgIpc) is 3.16. The van der Waals surface area contributed by atoms with E-state index in [0.29, 0.717) is 18.6 Å². The van der Waals surface area contributed by atoms with E-state index in [2.05, 4.69) is 26.5 Å². The maximum Gasteiger partial charge on any atom is 0.280 e. The first-order chi connectivity index (χ1) is 14.8. The van der Waals surface area contributed by atoms with E-state index in [0.717, 1.165) is 12.1 Å². The minimum Gasteiger partial charge on any atom is -0.383 e. The first-order valence-corrected chi connectivity index (χ1v) is 9.71. The molecule has 2 aromatic carbocycles. The van der Waals surface area contributed by atoms with Crippen molar-refractivity contribution in [1.82, 2.24) is 21.5 Å². The molecule has 1 amide bonds. The lowest BCUT2D eigenvalue weighted by molar-refractivity contribution is 0.100. The van der Waals surface area contributed by atoms with E-state index in [1.165, 1.54) is 30.3 Å². The number of nitrogens with zero attached hydrogens (tertiary/aromatic N) is 1. The highest BCUT2D eigenvalue weighted by atomic mass is 19.1. The van der Waals surface area contributed by atoms with Gasteiger partial charge in [0.15, 0.2) is 0 Å². The normalized spacial score (nSPS) is 19.8. The number of benzene rings is 2. The van der Waals surface area contributed by atoms with Crippen molar-refractivity contribution in [3.8, 4) is 0 Å². The molecule has 0 radical (unpaired) electrons. The number of nitrogens with one attached hydrogen (secondary N) is 4. The van der Waals surface area contributed by atoms with Crippen LogP contribution in [0.1, 0.15) is 35.3 Å². The molecule has 0 aromatic heterocycles. The Morgan fingerprint density at radius 1 is 1.16 bits per heavy atom. The minimum atomic E-state index is -0.661. The molecule has 1 saturated heterocycles. The Morgan fingerprint density at radius 3 is 2.58 bits per heavy atom. The maximum atomic E-state index is 13.5. The molecule has 166 valence electrons. The third-order valence-corrected chi connectivity index (χ3v) is 4.59. The first-order valence-electron chi connectivity index (χ1n) is 9.71. The van der Waals surface area contributed by atoms with Crippen LogP contribution >= 0.6 is 0 Å². The Kier molecular flexibility index (Phi) is 7.61. The molecule has 2 aromatic rings. The van der Waals surface area contributed by atoms with E-state index < -0.39 is 29.5 Å². The zero-order valence-corrected chi connectivity index (χ0v) is 17.1. The number of aliphatic imine (C=N–C) groups is 1. The zero-order chi connectivity index (χ0) is 22.4. The van der Waals surface area contributed by atoms with Crippen LogP contribution in [0.3, 0.4) is 0 Å². The zero-order valence-electron chi connectivity index (χ0n) is 17.1. The van der Waals surface area contributed by atoms with Gasteiger partial charge in [0.1, 0.15) is 17.5 Å². The molecule has 4 N–H and O–H groups in total. The minimum absolute atomic E-state index is 0.103. The second-order valence-electron chi connectivity index (χ2n) is 7.25. The predicted molar refractivity (Wildman–Crippen MR) is 110 cm³/mol. The van der Waals surface area contributed by atoms with Crippen LogP contribution in [-0.2, 0) is 4.74 Å². The Balaban J connectivity index is 1.73. The number of hydrogen-bond donors (Lipinski definition) is 4. The molecular formula is C21H24F3N5O2. The molecule has 1 heterocycles. The molecule has 1 fully saturated rings. The van der Waals surface area contributed by atoms with Gasteiger partial charge in [0.25, 0.3) is 5.91 Å². The van der Waals surface area contributed by atoms with Gasteiger partial charge in [-0.25, -0.2) is 24.0 Å². The monoisotopic (exact) mass is 435 g/mol. The first kappa shape index (κ1) is 22.7. The van der Waals surface area contributed by atoms with Crippen molar-refractivity contribution in [3.63, 3.8) is 0 Å². The lowest BCUT2D eigenvalue weighted by Gasteiger charge is -2.20. The van der Waals surface area contributed by atoms with Crippen molar-refractivity contribution in [2.75, 3.05) is 13.7 Å². The molecule has 3 atom stereocenters. The highest BCUT2D eigenvalue weighted by Crippen LogP contribution is 2.23. The fourth-order valence-electron chi connectivity index (χ4n) is 3.23. The van der Waals surface area contributed by atoms with Crippen molar-refractivity contribution in [2.45, 2.75) is 31.6 Å². The number of rotatable bonds is 6. The van der Waals surface area contributed by atoms with Crippen molar-refractivity contribution in [1.29, 1.82) is 0 Å². The number of hydrazine groups is 1. The summed E-state index contributed by atoms with van der Waals surface area (Å²) in [5.74, 6) is -2.33. The molecule has 31 heavy (non-hydrogen) atoms. The summed E-state index contributed by atoms with van der Waals surface area (Å²) < 4.78 is 45.6. The predicted octanol–water partition coefficient (Wildman–Crippen LogP) is 2.38. The summed E-state index contributed by atoms with van der Waals surface area (Å²) in [6.07, 6.45) is 0.00813. The van der Waals surface area contributed by atoms with Crippen LogP contribution in [0.2, 0.25) is 0 Å². The molecule has 3 rings (SSSR count). The van der Waals surface area contributed by atoms with Gasteiger partial charge < -0.3 is 15.4 Å². The van der Waals surface area contributed by atoms with E-state index >= 15 is 0 Å². The van der Waals surface area contributed by atoms with Gasteiger partial charge in [0.05, 0.1) is 12.8 Å². The van der Waals surface area contributed by atoms with Crippen LogP contribution in [0, 0.1) is 17.5 Å². The molecule has 0 spiro atoms. The van der Waals surface area contributed by atoms with Crippen LogP contribution in [0.25, 0.3) is 0 Å². The van der Waals surface area contributed by atoms with E-state index in [4.69, 9.17) is 4.74 Å². The number of guanidine groups is 1. The van der Waals surface area contributed by atoms with Crippen LogP contribution in [0.5, 0.6) is 0 Å². The smallest absolute Gasteiger partial charge is 0.280 e. The highest BCUT2D eigenvalue weighted by molar-refractivity contribution is 6.02. The number of halogens is 3. The quantitative estimate of drug-likeness (QED) is 0.412. The maximum absolute atomic E-state index is 13.5. The molecule has 1 aliphatic heterocycles. The average molecular weight is 435 g/mol. The molecule has 7 nitrogen and oxygen atoms in total. The summed E-state index contributed by atoms with van der Waals surface area (Å²) in [4.78, 5) is 16.5. The van der Waals surface area contributed by atoms with E-state index in [-0.39, 0.29) is 23.6 Å². The Morgan fingerprint density at radius 2 is 1.90 bits per heavy atom. The lowest BCUT2D eigenvalue weighted by atomic mass is 10.0. The lowest BCUT2D eigenvalue weighted by Crippen LogP contribution is -2.52. The molecule has 0 saturated carbocycles. The summed E-state index contributed by atoms with van der Waals surface area (Å²) in [7, 11) is 1.55. The molecule has 10 heteroatoms. The van der Waals surface area contributed by atoms with Gasteiger partial charge >= 0.3 is 0 Å². The molecule has 0 bridgehead atoms. The third kappa shape index (κ3) is 6.51. The van der Waals surface area contributed by atoms with Gasteiger partial charge in [-0.15, -0.1) is 0 Å². The number of methoxy groups -OCH3 is 1. The molecular weight excluding hydrogens is 411 g/mol. The summed E-state index contributed by atoms with van der Waals surface area (Å²) in [6.45, 7) is 2.20. The van der Waals surface area contributed by atoms with Crippen LogP contribution in [0.4, 0.5) is 13.2 Å². The number of ether oxygens (including phenoxy) is 1. The summed E-state index contributed by atoms with van der Waals surface area (Å²) >= 11 is 0. The van der Waals surface area contributed by atoms with Gasteiger partial charge in [0, 0.05) is 37.2 Å². The fourth-order valence-corrected chi connectivity index (χ4v) is 3.23. The van der Waals surface area contributed by atoms with Crippen LogP contribution in [-0.4, -0.2) is 37.8 Å². The Hall–Kier alpha value is -2.95. The van der Waals surface area contributed by atoms with Gasteiger partial charge in [-0.2, -0.15) is 4.99 Å². The molecule has 1 aliphatic rings. The Labute approximate surface area is 178 Å². The van der Waals surface area contributed by atoms with Crippen molar-refractivity contribution >= 4 is 11.9 Å². The van der Waals surface area contributed by atoms with E-state index in [1.807, 2.05) is 6.92 Å². The van der Waals surface area contributed by atoms with Gasteiger partial charge in [-0.05, 0) is 42.8 Å².